The molecule has 0 saturated carbocycles. The van der Waals surface area contributed by atoms with Crippen molar-refractivity contribution in [2.45, 2.75) is 6.54 Å². The van der Waals surface area contributed by atoms with Crippen LogP contribution in [0, 0.1) is 0 Å². The molecule has 4 rings (SSSR count). The van der Waals surface area contributed by atoms with Crippen molar-refractivity contribution in [2.24, 2.45) is 0 Å². The largest absolute Gasteiger partial charge is 0.349 e. The van der Waals surface area contributed by atoms with Gasteiger partial charge in [-0.1, -0.05) is 6.07 Å². The highest BCUT2D eigenvalue weighted by Crippen LogP contribution is 2.23. The highest BCUT2D eigenvalue weighted by Gasteiger charge is 2.20. The Morgan fingerprint density at radius 3 is 3.09 bits per heavy atom. The summed E-state index contributed by atoms with van der Waals surface area (Å²) >= 11 is 1.37. The van der Waals surface area contributed by atoms with Gasteiger partial charge in [0.05, 0.1) is 0 Å². The maximum Gasteiger partial charge on any atom is 0.268 e. The second kappa shape index (κ2) is 4.96. The number of hydrogen-bond donors (Lipinski definition) is 2. The van der Waals surface area contributed by atoms with Gasteiger partial charge in [-0.15, -0.1) is 11.3 Å². The van der Waals surface area contributed by atoms with E-state index in [9.17, 15) is 9.59 Å². The van der Waals surface area contributed by atoms with E-state index >= 15 is 0 Å². The van der Waals surface area contributed by atoms with Crippen molar-refractivity contribution in [1.29, 1.82) is 0 Å². The fourth-order valence-electron chi connectivity index (χ4n) is 2.65. The Bertz CT molecular complexity index is 882. The van der Waals surface area contributed by atoms with E-state index in [-0.39, 0.29) is 11.8 Å². The maximum atomic E-state index is 12.3. The van der Waals surface area contributed by atoms with E-state index in [1.54, 1.807) is 17.6 Å². The Morgan fingerprint density at radius 2 is 2.27 bits per heavy atom. The van der Waals surface area contributed by atoms with Crippen molar-refractivity contribution in [3.05, 3.63) is 47.1 Å². The average Bonchev–Trinajstić information content (AvgIpc) is 3.15. The summed E-state index contributed by atoms with van der Waals surface area (Å²) in [5, 5.41) is 8.92. The van der Waals surface area contributed by atoms with E-state index in [0.717, 1.165) is 10.9 Å². The minimum absolute atomic E-state index is 0.0729. The number of nitrogens with one attached hydrogen (secondary N) is 2. The van der Waals surface area contributed by atoms with Gasteiger partial charge in [-0.25, -0.2) is 4.98 Å². The molecule has 2 amide bonds. The molecule has 6 nitrogen and oxygen atoms in total. The number of rotatable bonds is 2. The topological polar surface area (TPSA) is 76.0 Å². The standard InChI is InChI=1S/C15H12N4O2S/c20-13(18-15-17-4-6-22-15)10-2-1-9-7-12-14(21)16-3-5-19(12)11(9)8-10/h1-2,4,6-8H,3,5H2,(H,16,21)(H,17,18,20). The number of thiazole rings is 1. The van der Waals surface area contributed by atoms with Gasteiger partial charge in [0.15, 0.2) is 5.13 Å². The van der Waals surface area contributed by atoms with Crippen LogP contribution in [0.3, 0.4) is 0 Å². The van der Waals surface area contributed by atoms with E-state index in [1.807, 2.05) is 22.8 Å². The summed E-state index contributed by atoms with van der Waals surface area (Å²) in [5.41, 5.74) is 2.09. The molecule has 0 spiro atoms. The molecule has 2 N–H and O–H groups in total. The summed E-state index contributed by atoms with van der Waals surface area (Å²) in [6, 6.07) is 7.30. The zero-order valence-corrected chi connectivity index (χ0v) is 12.3. The Morgan fingerprint density at radius 1 is 1.36 bits per heavy atom. The number of fused-ring (bicyclic) bond motifs is 3. The monoisotopic (exact) mass is 312 g/mol. The molecule has 1 aromatic carbocycles. The number of anilines is 1. The van der Waals surface area contributed by atoms with Crippen LogP contribution >= 0.6 is 11.3 Å². The third-order valence-electron chi connectivity index (χ3n) is 3.67. The summed E-state index contributed by atoms with van der Waals surface area (Å²) in [5.74, 6) is -0.274. The van der Waals surface area contributed by atoms with Crippen molar-refractivity contribution in [2.75, 3.05) is 11.9 Å². The summed E-state index contributed by atoms with van der Waals surface area (Å²) in [4.78, 5) is 28.2. The Balaban J connectivity index is 1.74. The fourth-order valence-corrected chi connectivity index (χ4v) is 3.17. The molecular formula is C15H12N4O2S. The van der Waals surface area contributed by atoms with Gasteiger partial charge in [-0.2, -0.15) is 0 Å². The molecule has 1 aliphatic heterocycles. The molecule has 3 heterocycles. The molecule has 2 aromatic heterocycles. The minimum Gasteiger partial charge on any atom is -0.349 e. The van der Waals surface area contributed by atoms with Crippen LogP contribution in [0.15, 0.2) is 35.8 Å². The van der Waals surface area contributed by atoms with Gasteiger partial charge in [0.1, 0.15) is 5.69 Å². The first-order valence-corrected chi connectivity index (χ1v) is 7.73. The van der Waals surface area contributed by atoms with Crippen molar-refractivity contribution in [1.82, 2.24) is 14.9 Å². The Hall–Kier alpha value is -2.67. The SMILES string of the molecule is O=C(Nc1nccs1)c1ccc2cc3n(c2c1)CCNC3=O. The summed E-state index contributed by atoms with van der Waals surface area (Å²) in [7, 11) is 0. The molecule has 0 bridgehead atoms. The number of aromatic nitrogens is 2. The first-order valence-electron chi connectivity index (χ1n) is 6.85. The normalized spacial score (nSPS) is 13.7. The lowest BCUT2D eigenvalue weighted by atomic mass is 10.1. The lowest BCUT2D eigenvalue weighted by Crippen LogP contribution is -2.34. The molecule has 0 fully saturated rings. The smallest absolute Gasteiger partial charge is 0.268 e. The Labute approximate surface area is 129 Å². The van der Waals surface area contributed by atoms with Crippen LogP contribution in [0.2, 0.25) is 0 Å². The molecule has 0 aliphatic carbocycles. The van der Waals surface area contributed by atoms with Crippen LogP contribution in [-0.2, 0) is 6.54 Å². The van der Waals surface area contributed by atoms with Crippen LogP contribution in [0.1, 0.15) is 20.8 Å². The quantitative estimate of drug-likeness (QED) is 0.761. The molecule has 1 aliphatic rings. The second-order valence-corrected chi connectivity index (χ2v) is 5.90. The number of carbonyl (C=O) groups excluding carboxylic acids is 2. The molecule has 3 aromatic rings. The fraction of sp³-hybridized carbons (Fsp3) is 0.133. The van der Waals surface area contributed by atoms with Gasteiger partial charge in [0.2, 0.25) is 0 Å². The van der Waals surface area contributed by atoms with E-state index in [4.69, 9.17) is 0 Å². The molecule has 110 valence electrons. The highest BCUT2D eigenvalue weighted by molar-refractivity contribution is 7.13. The van der Waals surface area contributed by atoms with E-state index in [2.05, 4.69) is 15.6 Å². The Kier molecular flexibility index (Phi) is 2.93. The van der Waals surface area contributed by atoms with Gasteiger partial charge >= 0.3 is 0 Å². The molecule has 0 unspecified atom stereocenters. The summed E-state index contributed by atoms with van der Waals surface area (Å²) < 4.78 is 1.95. The summed E-state index contributed by atoms with van der Waals surface area (Å²) in [6.07, 6.45) is 1.64. The predicted octanol–water partition coefficient (Wildman–Crippen LogP) is 2.09. The zero-order valence-electron chi connectivity index (χ0n) is 11.5. The highest BCUT2D eigenvalue weighted by atomic mass is 32.1. The maximum absolute atomic E-state index is 12.3. The zero-order chi connectivity index (χ0) is 15.1. The second-order valence-electron chi connectivity index (χ2n) is 5.00. The third kappa shape index (κ3) is 2.06. The van der Waals surface area contributed by atoms with Crippen LogP contribution in [0.25, 0.3) is 10.9 Å². The number of amides is 2. The van der Waals surface area contributed by atoms with Gasteiger partial charge in [-0.3, -0.25) is 14.9 Å². The minimum atomic E-state index is -0.201. The van der Waals surface area contributed by atoms with E-state index in [0.29, 0.717) is 29.5 Å². The average molecular weight is 312 g/mol. The van der Waals surface area contributed by atoms with Crippen molar-refractivity contribution in [3.63, 3.8) is 0 Å². The van der Waals surface area contributed by atoms with Gasteiger partial charge < -0.3 is 9.88 Å². The first kappa shape index (κ1) is 13.0. The van der Waals surface area contributed by atoms with Crippen LogP contribution < -0.4 is 10.6 Å². The van der Waals surface area contributed by atoms with Crippen molar-refractivity contribution in [3.8, 4) is 0 Å². The predicted molar refractivity (Wildman–Crippen MR) is 84.3 cm³/mol. The van der Waals surface area contributed by atoms with E-state index < -0.39 is 0 Å². The van der Waals surface area contributed by atoms with Crippen LogP contribution in [0.4, 0.5) is 5.13 Å². The molecule has 0 saturated heterocycles. The number of carbonyl (C=O) groups is 2. The number of hydrogen-bond acceptors (Lipinski definition) is 4. The number of benzene rings is 1. The van der Waals surface area contributed by atoms with Crippen molar-refractivity contribution >= 4 is 39.2 Å². The molecule has 0 atom stereocenters. The molecule has 0 radical (unpaired) electrons. The van der Waals surface area contributed by atoms with Crippen LogP contribution in [-0.4, -0.2) is 27.9 Å². The lowest BCUT2D eigenvalue weighted by Gasteiger charge is -2.16. The van der Waals surface area contributed by atoms with Crippen molar-refractivity contribution < 1.29 is 9.59 Å². The summed E-state index contributed by atoms with van der Waals surface area (Å²) in [6.45, 7) is 1.31. The van der Waals surface area contributed by atoms with Gasteiger partial charge in [-0.05, 0) is 18.2 Å². The lowest BCUT2D eigenvalue weighted by molar-refractivity contribution is 0.0928. The van der Waals surface area contributed by atoms with E-state index in [1.165, 1.54) is 11.3 Å². The third-order valence-corrected chi connectivity index (χ3v) is 4.36. The molecule has 7 heteroatoms. The molecule has 22 heavy (non-hydrogen) atoms. The first-order chi connectivity index (χ1) is 10.7. The molecular weight excluding hydrogens is 300 g/mol. The van der Waals surface area contributed by atoms with Gasteiger partial charge in [0.25, 0.3) is 11.8 Å². The van der Waals surface area contributed by atoms with Gasteiger partial charge in [0, 0.05) is 41.1 Å². The van der Waals surface area contributed by atoms with Crippen LogP contribution in [0.5, 0.6) is 0 Å². The number of nitrogens with zero attached hydrogens (tertiary/aromatic N) is 2.